The number of hydrogen-bond acceptors (Lipinski definition) is 14. The number of non-ortho nitro benzene ring substituents is 1. The Morgan fingerprint density at radius 3 is 2.54 bits per heavy atom. The fourth-order valence-corrected chi connectivity index (χ4v) is 4.71. The molecule has 1 aromatic carbocycles. The van der Waals surface area contributed by atoms with Crippen molar-refractivity contribution in [3.8, 4) is 0 Å². The van der Waals surface area contributed by atoms with Crippen molar-refractivity contribution in [2.24, 2.45) is 10.9 Å². The van der Waals surface area contributed by atoms with E-state index in [2.05, 4.69) is 20.3 Å². The molecular weight excluding hydrogens is 538 g/mol. The molecule has 0 spiro atoms. The molecule has 2 aromatic rings. The summed E-state index contributed by atoms with van der Waals surface area (Å²) in [5, 5.41) is 17.9. The maximum atomic E-state index is 12.8. The number of oxime groups is 1. The third-order valence-electron chi connectivity index (χ3n) is 4.96. The molecule has 37 heavy (non-hydrogen) atoms. The van der Waals surface area contributed by atoms with Gasteiger partial charge in [-0.2, -0.15) is 8.42 Å². The number of β-lactam (4-membered cyclic amide) rings is 1. The van der Waals surface area contributed by atoms with Crippen LogP contribution in [0.5, 0.6) is 0 Å². The van der Waals surface area contributed by atoms with Gasteiger partial charge in [0.1, 0.15) is 37.5 Å². The van der Waals surface area contributed by atoms with Gasteiger partial charge in [-0.15, -0.1) is 11.3 Å². The Balaban J connectivity index is 1.77. The number of carbonyl (C=O) groups excluding carboxylic acids is 3. The molecule has 0 bridgehead atoms. The highest BCUT2D eigenvalue weighted by atomic mass is 32.2. The van der Waals surface area contributed by atoms with E-state index < -0.39 is 63.5 Å². The lowest BCUT2D eigenvalue weighted by Crippen LogP contribution is -2.77. The van der Waals surface area contributed by atoms with Gasteiger partial charge in [0.15, 0.2) is 10.8 Å². The van der Waals surface area contributed by atoms with E-state index in [-0.39, 0.29) is 20.8 Å². The number of esters is 1. The zero-order chi connectivity index (χ0) is 27.5. The van der Waals surface area contributed by atoms with E-state index in [9.17, 15) is 37.5 Å². The number of thiazole rings is 1. The Labute approximate surface area is 212 Å². The first-order valence-corrected chi connectivity index (χ1v) is 12.2. The van der Waals surface area contributed by atoms with E-state index in [0.29, 0.717) is 5.56 Å². The molecule has 2 heterocycles. The molecule has 3 atom stereocenters. The molecule has 1 saturated heterocycles. The first-order chi connectivity index (χ1) is 17.3. The molecule has 1 fully saturated rings. The molecule has 17 nitrogen and oxygen atoms in total. The number of nitro benzene ring substituents is 1. The van der Waals surface area contributed by atoms with Crippen LogP contribution in [0.3, 0.4) is 0 Å². The van der Waals surface area contributed by atoms with E-state index in [1.54, 1.807) is 0 Å². The van der Waals surface area contributed by atoms with Crippen molar-refractivity contribution < 1.29 is 41.9 Å². The van der Waals surface area contributed by atoms with E-state index in [1.807, 2.05) is 0 Å². The summed E-state index contributed by atoms with van der Waals surface area (Å²) in [6.07, 6.45) is 0. The summed E-state index contributed by atoms with van der Waals surface area (Å²) in [6.45, 7) is -0.399. The summed E-state index contributed by atoms with van der Waals surface area (Å²) >= 11 is 0.982. The van der Waals surface area contributed by atoms with Crippen molar-refractivity contribution in [1.29, 1.82) is 0 Å². The lowest BCUT2D eigenvalue weighted by Gasteiger charge is -2.45. The molecule has 1 aromatic heterocycles. The Hall–Kier alpha value is -4.20. The number of nitro groups is 1. The molecule has 3 unspecified atom stereocenters. The van der Waals surface area contributed by atoms with Crippen molar-refractivity contribution in [1.82, 2.24) is 14.6 Å². The predicted octanol–water partition coefficient (Wildman–Crippen LogP) is -1.45. The standard InChI is InChI=1S/C18H19N7O10S2/c1-34-23-12(10-7-36-18(20)21-10)15(26)22-13-14(24(16(13)27)37(31,32)33)11(19)17(28)35-6-8-2-4-9(5-3-8)25(29)30/h2-5,7,11,13-14H,6,19H2,1H3,(H2,20,21)(H,22,26)(H,31,32,33). The van der Waals surface area contributed by atoms with Crippen LogP contribution in [0.25, 0.3) is 0 Å². The number of nitrogens with two attached hydrogens (primary N) is 2. The first-order valence-electron chi connectivity index (χ1n) is 9.94. The fraction of sp³-hybridized carbons (Fsp3) is 0.278. The molecule has 0 saturated carbocycles. The van der Waals surface area contributed by atoms with Gasteiger partial charge in [0, 0.05) is 17.5 Å². The summed E-state index contributed by atoms with van der Waals surface area (Å²) in [5.74, 6) is -3.52. The number of nitrogens with zero attached hydrogens (tertiary/aromatic N) is 4. The van der Waals surface area contributed by atoms with Crippen LogP contribution in [0.2, 0.25) is 0 Å². The smallest absolute Gasteiger partial charge is 0.362 e. The normalized spacial score (nSPS) is 18.5. The number of benzene rings is 1. The highest BCUT2D eigenvalue weighted by Crippen LogP contribution is 2.27. The third-order valence-corrected chi connectivity index (χ3v) is 6.56. The average molecular weight is 558 g/mol. The Kier molecular flexibility index (Phi) is 8.01. The van der Waals surface area contributed by atoms with Crippen LogP contribution < -0.4 is 16.8 Å². The number of amides is 2. The average Bonchev–Trinajstić information content (AvgIpc) is 3.27. The number of anilines is 1. The van der Waals surface area contributed by atoms with Gasteiger partial charge in [-0.05, 0) is 17.7 Å². The quantitative estimate of drug-likeness (QED) is 0.0651. The molecule has 1 aliphatic rings. The minimum absolute atomic E-state index is 0.0105. The van der Waals surface area contributed by atoms with Crippen LogP contribution in [0, 0.1) is 10.1 Å². The van der Waals surface area contributed by atoms with Gasteiger partial charge < -0.3 is 26.4 Å². The summed E-state index contributed by atoms with van der Waals surface area (Å²) in [4.78, 5) is 56.4. The first kappa shape index (κ1) is 27.4. The number of nitrogens with one attached hydrogen (secondary N) is 1. The van der Waals surface area contributed by atoms with Gasteiger partial charge in [-0.1, -0.05) is 5.16 Å². The van der Waals surface area contributed by atoms with Gasteiger partial charge in [0.05, 0.1) is 4.92 Å². The number of rotatable bonds is 10. The number of nitrogen functional groups attached to an aromatic ring is 1. The summed E-state index contributed by atoms with van der Waals surface area (Å²) in [5.41, 5.74) is 11.1. The Bertz CT molecular complexity index is 1360. The van der Waals surface area contributed by atoms with Crippen LogP contribution in [0.1, 0.15) is 11.3 Å². The second-order valence-corrected chi connectivity index (χ2v) is 9.48. The lowest BCUT2D eigenvalue weighted by molar-refractivity contribution is -0.384. The highest BCUT2D eigenvalue weighted by molar-refractivity contribution is 7.84. The molecule has 0 aliphatic carbocycles. The zero-order valence-electron chi connectivity index (χ0n) is 18.7. The summed E-state index contributed by atoms with van der Waals surface area (Å²) in [7, 11) is -4.04. The van der Waals surface area contributed by atoms with Crippen LogP contribution in [0.15, 0.2) is 34.8 Å². The largest absolute Gasteiger partial charge is 0.460 e. The summed E-state index contributed by atoms with van der Waals surface area (Å²) < 4.78 is 37.9. The van der Waals surface area contributed by atoms with Crippen molar-refractivity contribution in [2.45, 2.75) is 24.7 Å². The highest BCUT2D eigenvalue weighted by Gasteiger charge is 2.58. The Morgan fingerprint density at radius 2 is 2.03 bits per heavy atom. The monoisotopic (exact) mass is 557 g/mol. The lowest BCUT2D eigenvalue weighted by atomic mass is 9.91. The predicted molar refractivity (Wildman–Crippen MR) is 125 cm³/mol. The number of aromatic nitrogens is 1. The number of carbonyl (C=O) groups is 3. The number of hydrogen-bond donors (Lipinski definition) is 4. The molecule has 0 radical (unpaired) electrons. The Morgan fingerprint density at radius 1 is 1.38 bits per heavy atom. The van der Waals surface area contributed by atoms with Crippen molar-refractivity contribution >= 4 is 56.0 Å². The fourth-order valence-electron chi connectivity index (χ4n) is 3.26. The second-order valence-electron chi connectivity index (χ2n) is 7.30. The zero-order valence-corrected chi connectivity index (χ0v) is 20.3. The SMILES string of the molecule is CON=C(C(=O)NC1C(=O)N(S(=O)(=O)O)C1C(N)C(=O)OCc1ccc([N+](=O)[O-])cc1)c1csc(N)n1. The molecule has 3 rings (SSSR count). The van der Waals surface area contributed by atoms with Gasteiger partial charge in [0.25, 0.3) is 17.5 Å². The van der Waals surface area contributed by atoms with Crippen molar-refractivity contribution in [3.63, 3.8) is 0 Å². The third kappa shape index (κ3) is 5.97. The molecule has 6 N–H and O–H groups in total. The van der Waals surface area contributed by atoms with E-state index in [1.165, 1.54) is 29.6 Å². The summed E-state index contributed by atoms with van der Waals surface area (Å²) in [6, 6.07) is -0.309. The van der Waals surface area contributed by atoms with Crippen molar-refractivity contribution in [3.05, 3.63) is 51.0 Å². The second kappa shape index (κ2) is 10.8. The minimum atomic E-state index is -5.17. The van der Waals surface area contributed by atoms with Crippen molar-refractivity contribution in [2.75, 3.05) is 12.8 Å². The number of ether oxygens (including phenoxy) is 1. The molecule has 1 aliphatic heterocycles. The topological polar surface area (TPSA) is 260 Å². The molecule has 198 valence electrons. The van der Waals surface area contributed by atoms with Crippen LogP contribution in [-0.2, 0) is 40.9 Å². The van der Waals surface area contributed by atoms with Crippen LogP contribution in [0.4, 0.5) is 10.8 Å². The minimum Gasteiger partial charge on any atom is -0.460 e. The van der Waals surface area contributed by atoms with E-state index >= 15 is 0 Å². The maximum absolute atomic E-state index is 12.8. The maximum Gasteiger partial charge on any atom is 0.362 e. The van der Waals surface area contributed by atoms with Gasteiger partial charge in [-0.3, -0.25) is 29.1 Å². The van der Waals surface area contributed by atoms with E-state index in [0.717, 1.165) is 18.4 Å². The molecule has 19 heteroatoms. The molecule has 2 amide bonds. The van der Waals surface area contributed by atoms with Crippen LogP contribution in [-0.4, -0.2) is 75.9 Å². The van der Waals surface area contributed by atoms with Crippen LogP contribution >= 0.6 is 11.3 Å². The molecular formula is C18H19N7O10S2. The van der Waals surface area contributed by atoms with Gasteiger partial charge >= 0.3 is 16.3 Å². The van der Waals surface area contributed by atoms with Gasteiger partial charge in [0.2, 0.25) is 0 Å². The van der Waals surface area contributed by atoms with Gasteiger partial charge in [-0.25, -0.2) is 9.29 Å². The van der Waals surface area contributed by atoms with E-state index in [4.69, 9.17) is 16.2 Å².